The number of hydrogen-bond acceptors (Lipinski definition) is 2. The zero-order valence-corrected chi connectivity index (χ0v) is 8.77. The summed E-state index contributed by atoms with van der Waals surface area (Å²) in [5, 5.41) is 10.4. The molecule has 1 heterocycles. The van der Waals surface area contributed by atoms with Crippen LogP contribution in [0.25, 0.3) is 0 Å². The van der Waals surface area contributed by atoms with E-state index in [0.717, 1.165) is 12.2 Å². The van der Waals surface area contributed by atoms with Crippen LogP contribution in [0.4, 0.5) is 0 Å². The molecule has 0 aliphatic heterocycles. The van der Waals surface area contributed by atoms with E-state index in [1.807, 2.05) is 12.1 Å². The van der Waals surface area contributed by atoms with Crippen molar-refractivity contribution in [1.82, 2.24) is 15.5 Å². The van der Waals surface area contributed by atoms with E-state index in [1.54, 1.807) is 6.20 Å². The molecule has 0 aliphatic rings. The number of H-pyrrole nitrogens is 1. The van der Waals surface area contributed by atoms with Crippen molar-refractivity contribution in [1.29, 1.82) is 0 Å². The largest absolute Gasteiger partial charge is 0.305 e. The number of benzene rings is 1. The molecular weight excluding hydrogens is 186 g/mol. The third-order valence-corrected chi connectivity index (χ3v) is 2.37. The van der Waals surface area contributed by atoms with E-state index < -0.39 is 0 Å². The fourth-order valence-corrected chi connectivity index (χ4v) is 1.68. The average molecular weight is 201 g/mol. The molecule has 0 amide bonds. The minimum Gasteiger partial charge on any atom is -0.305 e. The molecule has 0 bridgehead atoms. The summed E-state index contributed by atoms with van der Waals surface area (Å²) in [6.45, 7) is 3.03. The van der Waals surface area contributed by atoms with Crippen molar-refractivity contribution < 1.29 is 0 Å². The zero-order chi connectivity index (χ0) is 10.5. The highest BCUT2D eigenvalue weighted by atomic mass is 15.1. The summed E-state index contributed by atoms with van der Waals surface area (Å²) in [5.74, 6) is 0. The number of aromatic nitrogens is 2. The lowest BCUT2D eigenvalue weighted by molar-refractivity contribution is 0.613. The van der Waals surface area contributed by atoms with Crippen LogP contribution in [0, 0.1) is 0 Å². The third-order valence-electron chi connectivity index (χ3n) is 2.37. The molecule has 1 unspecified atom stereocenters. The molecule has 78 valence electrons. The first-order valence-electron chi connectivity index (χ1n) is 5.19. The number of aromatic amines is 1. The molecule has 0 spiro atoms. The Hall–Kier alpha value is -1.61. The van der Waals surface area contributed by atoms with E-state index >= 15 is 0 Å². The van der Waals surface area contributed by atoms with Gasteiger partial charge in [0.05, 0.1) is 11.7 Å². The monoisotopic (exact) mass is 201 g/mol. The van der Waals surface area contributed by atoms with Crippen LogP contribution in [0.5, 0.6) is 0 Å². The van der Waals surface area contributed by atoms with Gasteiger partial charge < -0.3 is 5.32 Å². The van der Waals surface area contributed by atoms with Gasteiger partial charge in [0, 0.05) is 6.20 Å². The molecule has 0 aliphatic carbocycles. The van der Waals surface area contributed by atoms with Crippen molar-refractivity contribution in [2.24, 2.45) is 0 Å². The van der Waals surface area contributed by atoms with Crippen LogP contribution >= 0.6 is 0 Å². The molecule has 0 saturated carbocycles. The van der Waals surface area contributed by atoms with Crippen LogP contribution in [-0.4, -0.2) is 16.7 Å². The molecule has 3 nitrogen and oxygen atoms in total. The topological polar surface area (TPSA) is 40.7 Å². The number of rotatable bonds is 4. The zero-order valence-electron chi connectivity index (χ0n) is 8.77. The van der Waals surface area contributed by atoms with E-state index in [-0.39, 0.29) is 6.04 Å². The van der Waals surface area contributed by atoms with Crippen molar-refractivity contribution in [3.8, 4) is 0 Å². The highest BCUT2D eigenvalue weighted by Crippen LogP contribution is 2.19. The third kappa shape index (κ3) is 2.25. The maximum atomic E-state index is 3.99. The van der Waals surface area contributed by atoms with E-state index in [4.69, 9.17) is 0 Å². The van der Waals surface area contributed by atoms with Gasteiger partial charge >= 0.3 is 0 Å². The second-order valence-electron chi connectivity index (χ2n) is 3.41. The minimum atomic E-state index is 0.207. The van der Waals surface area contributed by atoms with Crippen LogP contribution < -0.4 is 5.32 Å². The second kappa shape index (κ2) is 4.75. The predicted molar refractivity (Wildman–Crippen MR) is 60.5 cm³/mol. The van der Waals surface area contributed by atoms with Gasteiger partial charge in [0.25, 0.3) is 0 Å². The quantitative estimate of drug-likeness (QED) is 0.795. The van der Waals surface area contributed by atoms with Gasteiger partial charge in [-0.3, -0.25) is 5.10 Å². The standard InChI is InChI=1S/C12H15N3/c1-2-13-12(11-8-9-14-15-11)10-6-4-3-5-7-10/h3-9,12-13H,2H2,1H3,(H,14,15). The molecule has 2 N–H and O–H groups in total. The fourth-order valence-electron chi connectivity index (χ4n) is 1.68. The van der Waals surface area contributed by atoms with Crippen molar-refractivity contribution in [3.05, 3.63) is 53.9 Å². The molecule has 3 heteroatoms. The summed E-state index contributed by atoms with van der Waals surface area (Å²) in [5.41, 5.74) is 2.35. The Bertz CT molecular complexity index is 381. The average Bonchev–Trinajstić information content (AvgIpc) is 2.80. The minimum absolute atomic E-state index is 0.207. The van der Waals surface area contributed by atoms with Crippen molar-refractivity contribution in [3.63, 3.8) is 0 Å². The van der Waals surface area contributed by atoms with Crippen molar-refractivity contribution in [2.45, 2.75) is 13.0 Å². The molecule has 2 rings (SSSR count). The number of nitrogens with zero attached hydrogens (tertiary/aromatic N) is 1. The molecule has 0 fully saturated rings. The van der Waals surface area contributed by atoms with Gasteiger partial charge in [-0.1, -0.05) is 37.3 Å². The highest BCUT2D eigenvalue weighted by Gasteiger charge is 2.12. The van der Waals surface area contributed by atoms with Crippen LogP contribution in [0.15, 0.2) is 42.6 Å². The van der Waals surface area contributed by atoms with Gasteiger partial charge in [0.15, 0.2) is 0 Å². The first kappa shape index (κ1) is 9.93. The Morgan fingerprint density at radius 3 is 2.67 bits per heavy atom. The van der Waals surface area contributed by atoms with Gasteiger partial charge in [-0.05, 0) is 18.2 Å². The second-order valence-corrected chi connectivity index (χ2v) is 3.41. The predicted octanol–water partition coefficient (Wildman–Crippen LogP) is 2.11. The van der Waals surface area contributed by atoms with Crippen molar-refractivity contribution >= 4 is 0 Å². The van der Waals surface area contributed by atoms with Gasteiger partial charge in [0.1, 0.15) is 0 Å². The lowest BCUT2D eigenvalue weighted by atomic mass is 10.0. The lowest BCUT2D eigenvalue weighted by Crippen LogP contribution is -2.22. The molecular formula is C12H15N3. The molecule has 2 aromatic rings. The summed E-state index contributed by atoms with van der Waals surface area (Å²) in [6, 6.07) is 12.6. The van der Waals surface area contributed by atoms with Gasteiger partial charge in [-0.2, -0.15) is 5.10 Å². The Labute approximate surface area is 89.5 Å². The SMILES string of the molecule is CCNC(c1ccccc1)c1ccn[nH]1. The van der Waals surface area contributed by atoms with E-state index in [9.17, 15) is 0 Å². The summed E-state index contributed by atoms with van der Waals surface area (Å²) >= 11 is 0. The summed E-state index contributed by atoms with van der Waals surface area (Å²) in [7, 11) is 0. The smallest absolute Gasteiger partial charge is 0.0745 e. The Morgan fingerprint density at radius 1 is 1.27 bits per heavy atom. The fraction of sp³-hybridized carbons (Fsp3) is 0.250. The maximum absolute atomic E-state index is 3.99. The first-order valence-corrected chi connectivity index (χ1v) is 5.19. The van der Waals surface area contributed by atoms with Gasteiger partial charge in [-0.25, -0.2) is 0 Å². The van der Waals surface area contributed by atoms with Crippen LogP contribution in [0.1, 0.15) is 24.2 Å². The van der Waals surface area contributed by atoms with Crippen LogP contribution in [-0.2, 0) is 0 Å². The molecule has 0 saturated heterocycles. The summed E-state index contributed by atoms with van der Waals surface area (Å²) in [6.07, 6.45) is 1.78. The Balaban J connectivity index is 2.28. The normalized spacial score (nSPS) is 12.6. The van der Waals surface area contributed by atoms with Crippen molar-refractivity contribution in [2.75, 3.05) is 6.54 Å². The summed E-state index contributed by atoms with van der Waals surface area (Å²) < 4.78 is 0. The molecule has 0 radical (unpaired) electrons. The molecule has 1 atom stereocenters. The number of hydrogen-bond donors (Lipinski definition) is 2. The maximum Gasteiger partial charge on any atom is 0.0745 e. The lowest BCUT2D eigenvalue weighted by Gasteiger charge is -2.16. The van der Waals surface area contributed by atoms with Crippen LogP contribution in [0.2, 0.25) is 0 Å². The number of nitrogens with one attached hydrogen (secondary N) is 2. The molecule has 15 heavy (non-hydrogen) atoms. The Morgan fingerprint density at radius 2 is 2.07 bits per heavy atom. The summed E-state index contributed by atoms with van der Waals surface area (Å²) in [4.78, 5) is 0. The molecule has 1 aromatic heterocycles. The van der Waals surface area contributed by atoms with E-state index in [2.05, 4.69) is 46.7 Å². The van der Waals surface area contributed by atoms with E-state index in [0.29, 0.717) is 0 Å². The van der Waals surface area contributed by atoms with Gasteiger partial charge in [-0.15, -0.1) is 0 Å². The van der Waals surface area contributed by atoms with Crippen LogP contribution in [0.3, 0.4) is 0 Å². The van der Waals surface area contributed by atoms with Gasteiger partial charge in [0.2, 0.25) is 0 Å². The highest BCUT2D eigenvalue weighted by molar-refractivity contribution is 5.26. The first-order chi connectivity index (χ1) is 7.42. The molecule has 1 aromatic carbocycles. The van der Waals surface area contributed by atoms with E-state index in [1.165, 1.54) is 5.56 Å². The Kier molecular flexibility index (Phi) is 3.15.